The summed E-state index contributed by atoms with van der Waals surface area (Å²) in [7, 11) is 1.68. The Morgan fingerprint density at radius 3 is 2.59 bits per heavy atom. The van der Waals surface area contributed by atoms with E-state index in [0.29, 0.717) is 6.54 Å². The minimum atomic E-state index is -2.52. The molecule has 2 N–H and O–H groups in total. The van der Waals surface area contributed by atoms with E-state index in [2.05, 4.69) is 22.9 Å². The molecular formula is C27H30F2N2O3. The van der Waals surface area contributed by atoms with Crippen molar-refractivity contribution < 1.29 is 23.4 Å². The summed E-state index contributed by atoms with van der Waals surface area (Å²) < 4.78 is 32.9. The summed E-state index contributed by atoms with van der Waals surface area (Å²) in [5.74, 6) is -2.34. The van der Waals surface area contributed by atoms with Gasteiger partial charge in [0.05, 0.1) is 12.7 Å². The molecule has 1 saturated carbocycles. The number of likely N-dealkylation sites (tertiary alicyclic amines) is 1. The highest BCUT2D eigenvalue weighted by molar-refractivity contribution is 5.88. The number of carboxylic acids is 1. The Labute approximate surface area is 197 Å². The van der Waals surface area contributed by atoms with Crippen molar-refractivity contribution in [3.8, 4) is 5.75 Å². The molecule has 1 aliphatic heterocycles. The van der Waals surface area contributed by atoms with Crippen molar-refractivity contribution in [3.63, 3.8) is 0 Å². The number of benzene rings is 2. The smallest absolute Gasteiger partial charge is 0.335 e. The van der Waals surface area contributed by atoms with Gasteiger partial charge in [0.15, 0.2) is 0 Å². The summed E-state index contributed by atoms with van der Waals surface area (Å²) in [5, 5.41) is 10.4. The number of hydrogen-bond donors (Lipinski definition) is 2. The van der Waals surface area contributed by atoms with Crippen LogP contribution in [0.2, 0.25) is 0 Å². The Balaban J connectivity index is 1.47. The fourth-order valence-corrected chi connectivity index (χ4v) is 5.88. The molecule has 7 heteroatoms. The highest BCUT2D eigenvalue weighted by Gasteiger charge is 2.49. The maximum absolute atomic E-state index is 13.6. The van der Waals surface area contributed by atoms with Gasteiger partial charge in [-0.1, -0.05) is 12.1 Å². The summed E-state index contributed by atoms with van der Waals surface area (Å²) >= 11 is 0. The predicted octanol–water partition coefficient (Wildman–Crippen LogP) is 6.18. The number of ether oxygens (including phenoxy) is 1. The lowest BCUT2D eigenvalue weighted by molar-refractivity contribution is -0.134. The highest BCUT2D eigenvalue weighted by Crippen LogP contribution is 2.51. The monoisotopic (exact) mass is 468 g/mol. The second kappa shape index (κ2) is 8.69. The molecule has 0 bridgehead atoms. The lowest BCUT2D eigenvalue weighted by atomic mass is 9.68. The van der Waals surface area contributed by atoms with Crippen LogP contribution in [0.1, 0.15) is 58.8 Å². The molecule has 1 saturated heterocycles. The second-order valence-electron chi connectivity index (χ2n) is 9.86. The average molecular weight is 469 g/mol. The third-order valence-electron chi connectivity index (χ3n) is 7.78. The Morgan fingerprint density at radius 1 is 1.21 bits per heavy atom. The van der Waals surface area contributed by atoms with Crippen LogP contribution >= 0.6 is 0 Å². The van der Waals surface area contributed by atoms with Gasteiger partial charge >= 0.3 is 5.97 Å². The van der Waals surface area contributed by atoms with Crippen LogP contribution in [0.15, 0.2) is 42.6 Å². The maximum atomic E-state index is 13.6. The summed E-state index contributed by atoms with van der Waals surface area (Å²) in [5.41, 5.74) is 4.58. The summed E-state index contributed by atoms with van der Waals surface area (Å²) in [6.45, 7) is 3.51. The van der Waals surface area contributed by atoms with Crippen LogP contribution in [0.25, 0.3) is 10.9 Å². The van der Waals surface area contributed by atoms with E-state index < -0.39 is 11.9 Å². The number of aromatic amines is 1. The molecular weight excluding hydrogens is 438 g/mol. The van der Waals surface area contributed by atoms with E-state index >= 15 is 0 Å². The number of carbonyl (C=O) groups is 1. The number of alkyl halides is 2. The van der Waals surface area contributed by atoms with E-state index in [4.69, 9.17) is 4.74 Å². The molecule has 2 aliphatic rings. The largest absolute Gasteiger partial charge is 0.496 e. The van der Waals surface area contributed by atoms with Gasteiger partial charge in [-0.25, -0.2) is 13.6 Å². The van der Waals surface area contributed by atoms with Crippen LogP contribution in [0.3, 0.4) is 0 Å². The first-order valence-corrected chi connectivity index (χ1v) is 11.8. The van der Waals surface area contributed by atoms with Crippen molar-refractivity contribution in [1.29, 1.82) is 0 Å². The maximum Gasteiger partial charge on any atom is 0.335 e. The number of fused-ring (bicyclic) bond motifs is 1. The molecule has 0 spiro atoms. The number of nitrogens with zero attached hydrogens (tertiary/aromatic N) is 1. The number of rotatable bonds is 6. The first-order valence-electron chi connectivity index (χ1n) is 11.8. The Bertz CT molecular complexity index is 1200. The number of methoxy groups -OCH3 is 1. The molecule has 5 rings (SSSR count). The molecule has 1 aliphatic carbocycles. The highest BCUT2D eigenvalue weighted by atomic mass is 19.3. The summed E-state index contributed by atoms with van der Waals surface area (Å²) in [6, 6.07) is 11.2. The molecule has 3 aromatic rings. The van der Waals surface area contributed by atoms with Crippen molar-refractivity contribution >= 4 is 16.9 Å². The number of carboxylic acid groups (broad SMARTS) is 1. The zero-order chi connectivity index (χ0) is 24.0. The van der Waals surface area contributed by atoms with E-state index in [1.807, 2.05) is 24.4 Å². The summed E-state index contributed by atoms with van der Waals surface area (Å²) in [6.07, 6.45) is 3.58. The summed E-state index contributed by atoms with van der Waals surface area (Å²) in [4.78, 5) is 17.1. The normalized spacial score (nSPS) is 23.1. The van der Waals surface area contributed by atoms with Gasteiger partial charge in [0.25, 0.3) is 0 Å². The lowest BCUT2D eigenvalue weighted by Crippen LogP contribution is -2.45. The first kappa shape index (κ1) is 22.8. The standard InChI is InChI=1S/C27H30F2N2O3/c1-16-11-24(34-2)22(21-7-9-30-25(16)21)15-31-10-8-19(20-13-27(28,29)14-20)12-23(31)17-3-5-18(6-4-17)26(32)33/h3-7,9,11,19-20,23,30H,8,10,12-15H2,1-2H3,(H,32,33)/t19-,23-/m1/s1. The Kier molecular flexibility index (Phi) is 5.84. The fourth-order valence-electron chi connectivity index (χ4n) is 5.88. The third kappa shape index (κ3) is 4.17. The number of aromatic nitrogens is 1. The van der Waals surface area contributed by atoms with Crippen LogP contribution < -0.4 is 4.74 Å². The minimum absolute atomic E-state index is 0.0158. The van der Waals surface area contributed by atoms with E-state index in [9.17, 15) is 18.7 Å². The Hall–Kier alpha value is -2.93. The van der Waals surface area contributed by atoms with Gasteiger partial charge in [0, 0.05) is 48.1 Å². The lowest BCUT2D eigenvalue weighted by Gasteiger charge is -2.47. The van der Waals surface area contributed by atoms with Gasteiger partial charge in [-0.3, -0.25) is 4.90 Å². The van der Waals surface area contributed by atoms with Crippen molar-refractivity contribution in [2.45, 2.75) is 51.1 Å². The number of halogens is 2. The quantitative estimate of drug-likeness (QED) is 0.453. The van der Waals surface area contributed by atoms with Crippen LogP contribution in [0, 0.1) is 18.8 Å². The molecule has 34 heavy (non-hydrogen) atoms. The van der Waals surface area contributed by atoms with Crippen LogP contribution in [-0.2, 0) is 6.54 Å². The second-order valence-corrected chi connectivity index (χ2v) is 9.86. The molecule has 0 amide bonds. The fraction of sp³-hybridized carbons (Fsp3) is 0.444. The van der Waals surface area contributed by atoms with Crippen molar-refractivity contribution in [3.05, 3.63) is 64.8 Å². The van der Waals surface area contributed by atoms with Gasteiger partial charge in [-0.15, -0.1) is 0 Å². The van der Waals surface area contributed by atoms with Crippen molar-refractivity contribution in [2.75, 3.05) is 13.7 Å². The number of nitrogens with one attached hydrogen (secondary N) is 1. The molecule has 1 aromatic heterocycles. The van der Waals surface area contributed by atoms with Gasteiger partial charge < -0.3 is 14.8 Å². The van der Waals surface area contributed by atoms with Gasteiger partial charge in [-0.05, 0) is 73.5 Å². The zero-order valence-electron chi connectivity index (χ0n) is 19.5. The topological polar surface area (TPSA) is 65.6 Å². The van der Waals surface area contributed by atoms with E-state index in [0.717, 1.165) is 52.7 Å². The molecule has 2 atom stereocenters. The van der Waals surface area contributed by atoms with Gasteiger partial charge in [0.1, 0.15) is 5.75 Å². The molecule has 0 radical (unpaired) electrons. The third-order valence-corrected chi connectivity index (χ3v) is 7.78. The Morgan fingerprint density at radius 2 is 1.94 bits per heavy atom. The number of aromatic carboxylic acids is 1. The van der Waals surface area contributed by atoms with Crippen molar-refractivity contribution in [2.24, 2.45) is 11.8 Å². The number of hydrogen-bond acceptors (Lipinski definition) is 3. The van der Waals surface area contributed by atoms with E-state index in [1.165, 1.54) is 0 Å². The van der Waals surface area contributed by atoms with E-state index in [1.54, 1.807) is 19.2 Å². The van der Waals surface area contributed by atoms with Crippen LogP contribution in [0.5, 0.6) is 5.75 Å². The van der Waals surface area contributed by atoms with Crippen LogP contribution in [-0.4, -0.2) is 40.5 Å². The molecule has 0 unspecified atom stereocenters. The average Bonchev–Trinajstić information content (AvgIpc) is 3.30. The molecule has 2 fully saturated rings. The SMILES string of the molecule is COc1cc(C)c2[nH]ccc2c1CN1CC[C@@H](C2CC(F)(F)C2)C[C@@H]1c1ccc(C(=O)O)cc1. The predicted molar refractivity (Wildman–Crippen MR) is 127 cm³/mol. The number of aryl methyl sites for hydroxylation is 1. The van der Waals surface area contributed by atoms with Gasteiger partial charge in [-0.2, -0.15) is 0 Å². The van der Waals surface area contributed by atoms with E-state index in [-0.39, 0.29) is 36.3 Å². The van der Waals surface area contributed by atoms with Gasteiger partial charge in [0.2, 0.25) is 5.92 Å². The minimum Gasteiger partial charge on any atom is -0.496 e. The number of H-pyrrole nitrogens is 1. The molecule has 2 aromatic carbocycles. The number of piperidine rings is 1. The first-order chi connectivity index (χ1) is 16.3. The molecule has 5 nitrogen and oxygen atoms in total. The molecule has 180 valence electrons. The van der Waals surface area contributed by atoms with Crippen molar-refractivity contribution in [1.82, 2.24) is 9.88 Å². The molecule has 2 heterocycles. The zero-order valence-corrected chi connectivity index (χ0v) is 19.5. The van der Waals surface area contributed by atoms with Crippen LogP contribution in [0.4, 0.5) is 8.78 Å².